The van der Waals surface area contributed by atoms with Gasteiger partial charge >= 0.3 is 0 Å². The molecule has 0 saturated heterocycles. The van der Waals surface area contributed by atoms with Crippen LogP contribution < -0.4 is 20.9 Å². The molecule has 1 aromatic heterocycles. The van der Waals surface area contributed by atoms with E-state index in [1.807, 2.05) is 0 Å². The Morgan fingerprint density at radius 1 is 1.24 bits per heavy atom. The predicted octanol–water partition coefficient (Wildman–Crippen LogP) is 0.880. The summed E-state index contributed by atoms with van der Waals surface area (Å²) in [4.78, 5) is 19.3. The number of aliphatic hydroxyl groups is 2. The number of likely N-dealkylation sites (N-methyl/N-ethyl adjacent to an activating group) is 1. The Morgan fingerprint density at radius 2 is 1.91 bits per heavy atom. The van der Waals surface area contributed by atoms with Gasteiger partial charge in [0.2, 0.25) is 0 Å². The fourth-order valence-electron chi connectivity index (χ4n) is 3.26. The van der Waals surface area contributed by atoms with Crippen molar-refractivity contribution in [2.45, 2.75) is 13.2 Å². The minimum atomic E-state index is -1.02. The summed E-state index contributed by atoms with van der Waals surface area (Å²) in [5.41, 5.74) is 15.3. The van der Waals surface area contributed by atoms with E-state index in [1.54, 1.807) is 57.5 Å². The van der Waals surface area contributed by atoms with E-state index in [2.05, 4.69) is 20.0 Å². The van der Waals surface area contributed by atoms with Crippen LogP contribution in [0.4, 0.5) is 5.82 Å². The molecule has 34 heavy (non-hydrogen) atoms. The van der Waals surface area contributed by atoms with Crippen LogP contribution in [0, 0.1) is 0 Å². The first-order valence-electron chi connectivity index (χ1n) is 10.4. The highest BCUT2D eigenvalue weighted by Gasteiger charge is 2.26. The van der Waals surface area contributed by atoms with Crippen molar-refractivity contribution in [2.75, 3.05) is 40.2 Å². The van der Waals surface area contributed by atoms with Crippen LogP contribution in [0.1, 0.15) is 23.9 Å². The van der Waals surface area contributed by atoms with Gasteiger partial charge in [-0.3, -0.25) is 4.99 Å². The predicted molar refractivity (Wildman–Crippen MR) is 132 cm³/mol. The molecule has 6 N–H and O–H groups in total. The zero-order valence-electron chi connectivity index (χ0n) is 19.6. The summed E-state index contributed by atoms with van der Waals surface area (Å²) < 4.78 is 10.7. The van der Waals surface area contributed by atoms with Gasteiger partial charge in [-0.15, -0.1) is 0 Å². The molecule has 1 aliphatic heterocycles. The van der Waals surface area contributed by atoms with Gasteiger partial charge in [-0.25, -0.2) is 15.0 Å². The van der Waals surface area contributed by atoms with E-state index in [1.165, 1.54) is 12.4 Å². The van der Waals surface area contributed by atoms with Crippen LogP contribution in [0.2, 0.25) is 0 Å². The lowest BCUT2D eigenvalue weighted by Crippen LogP contribution is -2.38. The Balaban J connectivity index is 2.11. The van der Waals surface area contributed by atoms with Gasteiger partial charge in [0, 0.05) is 42.4 Å². The highest BCUT2D eigenvalue weighted by Crippen LogP contribution is 2.30. The van der Waals surface area contributed by atoms with Gasteiger partial charge in [-0.05, 0) is 19.1 Å². The highest BCUT2D eigenvalue weighted by atomic mass is 16.5. The molecule has 0 bridgehead atoms. The summed E-state index contributed by atoms with van der Waals surface area (Å²) in [6.45, 7) is 1.87. The van der Waals surface area contributed by atoms with E-state index >= 15 is 0 Å². The molecule has 1 unspecified atom stereocenters. The lowest BCUT2D eigenvalue weighted by atomic mass is 10.1. The molecule has 2 aromatic rings. The van der Waals surface area contributed by atoms with Gasteiger partial charge in [0.05, 0.1) is 45.0 Å². The Hall–Kier alpha value is -3.96. The van der Waals surface area contributed by atoms with Crippen molar-refractivity contribution in [3.63, 3.8) is 0 Å². The van der Waals surface area contributed by atoms with Crippen molar-refractivity contribution < 1.29 is 19.7 Å². The van der Waals surface area contributed by atoms with E-state index in [0.717, 1.165) is 0 Å². The third-order valence-corrected chi connectivity index (χ3v) is 5.04. The molecular weight excluding hydrogens is 438 g/mol. The van der Waals surface area contributed by atoms with Gasteiger partial charge in [-0.2, -0.15) is 0 Å². The second-order valence-electron chi connectivity index (χ2n) is 7.50. The molecule has 11 heteroatoms. The fourth-order valence-corrected chi connectivity index (χ4v) is 3.26. The van der Waals surface area contributed by atoms with Crippen molar-refractivity contribution in [3.8, 4) is 11.5 Å². The third kappa shape index (κ3) is 5.33. The summed E-state index contributed by atoms with van der Waals surface area (Å²) >= 11 is 0. The van der Waals surface area contributed by atoms with Crippen molar-refractivity contribution in [2.24, 2.45) is 15.7 Å². The van der Waals surface area contributed by atoms with Gasteiger partial charge in [0.25, 0.3) is 0 Å². The van der Waals surface area contributed by atoms with Crippen molar-refractivity contribution in [3.05, 3.63) is 53.2 Å². The maximum atomic E-state index is 10.8. The number of nitrogens with two attached hydrogens (primary N) is 2. The lowest BCUT2D eigenvalue weighted by Gasteiger charge is -2.28. The summed E-state index contributed by atoms with van der Waals surface area (Å²) in [6, 6.07) is 5.24. The van der Waals surface area contributed by atoms with Crippen LogP contribution in [0.5, 0.6) is 11.5 Å². The first-order valence-corrected chi connectivity index (χ1v) is 10.4. The number of nitrogen functional groups attached to an aromatic ring is 1. The van der Waals surface area contributed by atoms with Crippen LogP contribution in [0.15, 0.2) is 46.3 Å². The standard InChI is InChI=1S/C23H29N7O4/c1-13(24)17(10-26-5-6-31)18-11-27-22(25)21(28-18)19-12-30(2)23(32)20(29-19)14-7-15(33-3)9-16(8-14)34-4/h7-12,23,31-32H,5-6,24H2,1-4H3,(H2,25,27). The molecule has 0 spiro atoms. The minimum absolute atomic E-state index is 0.0832. The second-order valence-corrected chi connectivity index (χ2v) is 7.50. The molecule has 0 fully saturated rings. The number of aliphatic imine (C=N–C) groups is 2. The van der Waals surface area contributed by atoms with E-state index in [0.29, 0.717) is 51.1 Å². The lowest BCUT2D eigenvalue weighted by molar-refractivity contribution is 0.116. The summed E-state index contributed by atoms with van der Waals surface area (Å²) in [5, 5.41) is 19.8. The molecule has 1 aromatic carbocycles. The number of aromatic nitrogens is 2. The smallest absolute Gasteiger partial charge is 0.170 e. The molecule has 2 heterocycles. The normalized spacial score (nSPS) is 16.8. The molecule has 0 aliphatic carbocycles. The van der Waals surface area contributed by atoms with E-state index in [-0.39, 0.29) is 19.0 Å². The Bertz CT molecular complexity index is 1150. The van der Waals surface area contributed by atoms with Crippen LogP contribution in [-0.2, 0) is 0 Å². The van der Waals surface area contributed by atoms with Crippen molar-refractivity contribution in [1.82, 2.24) is 14.9 Å². The van der Waals surface area contributed by atoms with Gasteiger partial charge < -0.3 is 36.1 Å². The fraction of sp³-hybridized carbons (Fsp3) is 0.304. The number of anilines is 1. The number of methoxy groups -OCH3 is 2. The van der Waals surface area contributed by atoms with E-state index in [4.69, 9.17) is 26.0 Å². The summed E-state index contributed by atoms with van der Waals surface area (Å²) in [5.74, 6) is 1.27. The quantitative estimate of drug-likeness (QED) is 0.412. The number of benzene rings is 1. The molecule has 11 nitrogen and oxygen atoms in total. The third-order valence-electron chi connectivity index (χ3n) is 5.04. The van der Waals surface area contributed by atoms with Crippen LogP contribution in [0.25, 0.3) is 11.3 Å². The number of aliphatic hydroxyl groups excluding tert-OH is 2. The Labute approximate surface area is 197 Å². The van der Waals surface area contributed by atoms with Gasteiger partial charge in [0.1, 0.15) is 22.9 Å². The van der Waals surface area contributed by atoms with Crippen molar-refractivity contribution >= 4 is 29.0 Å². The topological polar surface area (TPSA) is 165 Å². The molecule has 0 radical (unpaired) electrons. The Kier molecular flexibility index (Phi) is 7.82. The largest absolute Gasteiger partial charge is 0.497 e. The average molecular weight is 468 g/mol. The first kappa shape index (κ1) is 24.7. The zero-order valence-corrected chi connectivity index (χ0v) is 19.6. The average Bonchev–Trinajstić information content (AvgIpc) is 2.83. The van der Waals surface area contributed by atoms with Crippen LogP contribution in [0.3, 0.4) is 0 Å². The summed E-state index contributed by atoms with van der Waals surface area (Å²) in [6.07, 6.45) is 3.64. The van der Waals surface area contributed by atoms with Crippen molar-refractivity contribution in [1.29, 1.82) is 0 Å². The zero-order chi connectivity index (χ0) is 24.8. The molecule has 3 rings (SSSR count). The number of ether oxygens (including phenoxy) is 2. The summed E-state index contributed by atoms with van der Waals surface area (Å²) in [7, 11) is 4.80. The number of hydrogen-bond acceptors (Lipinski definition) is 11. The van der Waals surface area contributed by atoms with Gasteiger partial charge in [0.15, 0.2) is 12.0 Å². The van der Waals surface area contributed by atoms with Crippen LogP contribution >= 0.6 is 0 Å². The highest BCUT2D eigenvalue weighted by molar-refractivity contribution is 6.10. The first-order chi connectivity index (χ1) is 16.3. The number of allylic oxidation sites excluding steroid dienone is 2. The molecule has 180 valence electrons. The molecule has 0 saturated carbocycles. The van der Waals surface area contributed by atoms with Crippen LogP contribution in [-0.4, -0.2) is 77.7 Å². The monoisotopic (exact) mass is 467 g/mol. The molecule has 0 amide bonds. The maximum absolute atomic E-state index is 10.8. The SMILES string of the molecule is COc1cc(OC)cc(C2=NC(c3nc(C(C=NCCO)=C(C)N)cnc3N)=CN(C)C2O)c1. The molecular formula is C23H29N7O4. The van der Waals surface area contributed by atoms with E-state index in [9.17, 15) is 5.11 Å². The second kappa shape index (κ2) is 10.8. The number of nitrogens with zero attached hydrogens (tertiary/aromatic N) is 5. The number of hydrogen-bond donors (Lipinski definition) is 4. The number of rotatable bonds is 8. The van der Waals surface area contributed by atoms with E-state index < -0.39 is 6.23 Å². The molecule has 1 aliphatic rings. The Morgan fingerprint density at radius 3 is 2.50 bits per heavy atom. The van der Waals surface area contributed by atoms with Gasteiger partial charge in [-0.1, -0.05) is 0 Å². The maximum Gasteiger partial charge on any atom is 0.170 e. The minimum Gasteiger partial charge on any atom is -0.497 e. The molecule has 1 atom stereocenters.